The molecule has 0 aliphatic heterocycles. The van der Waals surface area contributed by atoms with Gasteiger partial charge in [-0.05, 0) is 29.3 Å². The summed E-state index contributed by atoms with van der Waals surface area (Å²) >= 11 is 0. The molecule has 4 aromatic carbocycles. The number of rotatable bonds is 4. The van der Waals surface area contributed by atoms with Crippen molar-refractivity contribution in [2.75, 3.05) is 0 Å². The monoisotopic (exact) mass is 511 g/mol. The summed E-state index contributed by atoms with van der Waals surface area (Å²) < 4.78 is 31.0. The van der Waals surface area contributed by atoms with E-state index in [-0.39, 0.29) is 11.1 Å². The third-order valence-corrected chi connectivity index (χ3v) is 6.79. The Morgan fingerprint density at radius 2 is 0.872 bits per heavy atom. The summed E-state index contributed by atoms with van der Waals surface area (Å²) in [7, 11) is 0. The van der Waals surface area contributed by atoms with Gasteiger partial charge in [0.25, 0.3) is 5.92 Å². The fourth-order valence-electron chi connectivity index (χ4n) is 4.89. The van der Waals surface area contributed by atoms with E-state index in [1.54, 1.807) is 42.7 Å². The van der Waals surface area contributed by atoms with Gasteiger partial charge in [0.05, 0.1) is 0 Å². The minimum absolute atomic E-state index is 0.0417. The highest BCUT2D eigenvalue weighted by atomic mass is 19.3. The van der Waals surface area contributed by atoms with Gasteiger partial charge < -0.3 is 0 Å². The first-order valence-electron chi connectivity index (χ1n) is 12.4. The number of alkyl halides is 2. The maximum atomic E-state index is 15.5. The molecule has 5 nitrogen and oxygen atoms in total. The Bertz CT molecular complexity index is 1770. The molecular weight excluding hydrogens is 492 g/mol. The van der Waals surface area contributed by atoms with Crippen LogP contribution >= 0.6 is 0 Å². The lowest BCUT2D eigenvalue weighted by atomic mass is 10.0. The summed E-state index contributed by atoms with van der Waals surface area (Å²) in [6, 6.07) is 30.7. The van der Waals surface area contributed by atoms with E-state index in [4.69, 9.17) is 15.0 Å². The maximum absolute atomic E-state index is 15.5. The Morgan fingerprint density at radius 3 is 1.36 bits per heavy atom. The van der Waals surface area contributed by atoms with E-state index in [9.17, 15) is 0 Å². The molecule has 7 heteroatoms. The predicted octanol–water partition coefficient (Wildman–Crippen LogP) is 7.45. The molecule has 0 atom stereocenters. The maximum Gasteiger partial charge on any atom is 0.299 e. The molecule has 2 heterocycles. The molecule has 0 bridgehead atoms. The molecule has 0 radical (unpaired) electrons. The lowest BCUT2D eigenvalue weighted by Gasteiger charge is -2.13. The Hall–Kier alpha value is -5.17. The normalized spacial score (nSPS) is 13.1. The van der Waals surface area contributed by atoms with Gasteiger partial charge in [0.2, 0.25) is 0 Å². The van der Waals surface area contributed by atoms with Crippen molar-refractivity contribution in [3.05, 3.63) is 127 Å². The fourth-order valence-corrected chi connectivity index (χ4v) is 4.89. The second-order valence-electron chi connectivity index (χ2n) is 9.21. The highest BCUT2D eigenvalue weighted by Crippen LogP contribution is 2.52. The average Bonchev–Trinajstić information content (AvgIpc) is 3.23. The summed E-state index contributed by atoms with van der Waals surface area (Å²) in [6.45, 7) is 0. The van der Waals surface area contributed by atoms with Crippen molar-refractivity contribution in [2.45, 2.75) is 5.92 Å². The number of fused-ring (bicyclic) bond motifs is 3. The van der Waals surface area contributed by atoms with Gasteiger partial charge in [0.15, 0.2) is 23.3 Å². The Morgan fingerprint density at radius 1 is 0.436 bits per heavy atom. The number of aromatic nitrogens is 5. The average molecular weight is 512 g/mol. The molecule has 7 rings (SSSR count). The highest BCUT2D eigenvalue weighted by Gasteiger charge is 2.44. The van der Waals surface area contributed by atoms with Crippen LogP contribution in [-0.4, -0.2) is 24.9 Å². The molecule has 0 amide bonds. The van der Waals surface area contributed by atoms with Gasteiger partial charge >= 0.3 is 0 Å². The molecule has 6 aromatic rings. The standard InChI is InChI=1S/C32H19F2N5/c33-32(34)26-14-12-22(28-35-16-7-17-36-28)18-24(26)25-19-23(13-15-27(25)32)31-38-29(20-8-3-1-4-9-20)37-30(39-31)21-10-5-2-6-11-21/h1-19H. The molecule has 186 valence electrons. The van der Waals surface area contributed by atoms with Crippen LogP contribution in [0.4, 0.5) is 8.78 Å². The molecule has 0 spiro atoms. The first-order chi connectivity index (χ1) is 19.1. The smallest absolute Gasteiger partial charge is 0.237 e. The van der Waals surface area contributed by atoms with Gasteiger partial charge in [0.1, 0.15) is 0 Å². The molecule has 0 saturated heterocycles. The third-order valence-electron chi connectivity index (χ3n) is 6.79. The SMILES string of the molecule is FC1(F)c2ccc(-c3ncccn3)cc2-c2cc(-c3nc(-c4ccccc4)nc(-c4ccccc4)n3)ccc21. The molecular formula is C32H19F2N5. The van der Waals surface area contributed by atoms with E-state index in [1.165, 1.54) is 12.1 Å². The molecule has 0 fully saturated rings. The van der Waals surface area contributed by atoms with Crippen molar-refractivity contribution in [1.29, 1.82) is 0 Å². The summed E-state index contributed by atoms with van der Waals surface area (Å²) in [5.41, 5.74) is 3.76. The zero-order valence-corrected chi connectivity index (χ0v) is 20.5. The second-order valence-corrected chi connectivity index (χ2v) is 9.21. The Labute approximate surface area is 223 Å². The number of benzene rings is 4. The summed E-state index contributed by atoms with van der Waals surface area (Å²) in [5, 5.41) is 0. The van der Waals surface area contributed by atoms with Crippen LogP contribution in [-0.2, 0) is 5.92 Å². The Balaban J connectivity index is 1.40. The highest BCUT2D eigenvalue weighted by molar-refractivity contribution is 5.85. The van der Waals surface area contributed by atoms with Gasteiger partial charge in [-0.1, -0.05) is 84.9 Å². The van der Waals surface area contributed by atoms with Crippen molar-refractivity contribution >= 4 is 0 Å². The molecule has 0 N–H and O–H groups in total. The van der Waals surface area contributed by atoms with Gasteiger partial charge in [-0.3, -0.25) is 0 Å². The molecule has 1 aliphatic carbocycles. The fraction of sp³-hybridized carbons (Fsp3) is 0.0312. The summed E-state index contributed by atoms with van der Waals surface area (Å²) in [5.74, 6) is -1.22. The number of hydrogen-bond acceptors (Lipinski definition) is 5. The van der Waals surface area contributed by atoms with E-state index >= 15 is 8.78 Å². The predicted molar refractivity (Wildman–Crippen MR) is 146 cm³/mol. The minimum atomic E-state index is -3.12. The van der Waals surface area contributed by atoms with E-state index < -0.39 is 5.92 Å². The van der Waals surface area contributed by atoms with Crippen LogP contribution in [0.15, 0.2) is 116 Å². The van der Waals surface area contributed by atoms with Crippen molar-refractivity contribution in [3.8, 4) is 56.7 Å². The van der Waals surface area contributed by atoms with Crippen LogP contribution in [0.5, 0.6) is 0 Å². The van der Waals surface area contributed by atoms with E-state index in [1.807, 2.05) is 60.7 Å². The molecule has 39 heavy (non-hydrogen) atoms. The first-order valence-corrected chi connectivity index (χ1v) is 12.4. The third kappa shape index (κ3) is 3.95. The first kappa shape index (κ1) is 23.0. The zero-order valence-electron chi connectivity index (χ0n) is 20.5. The largest absolute Gasteiger partial charge is 0.299 e. The van der Waals surface area contributed by atoms with Crippen LogP contribution in [0.25, 0.3) is 56.7 Å². The van der Waals surface area contributed by atoms with Crippen LogP contribution in [0.3, 0.4) is 0 Å². The van der Waals surface area contributed by atoms with Gasteiger partial charge in [-0.2, -0.15) is 8.78 Å². The lowest BCUT2D eigenvalue weighted by molar-refractivity contribution is 0.0480. The van der Waals surface area contributed by atoms with Gasteiger partial charge in [-0.15, -0.1) is 0 Å². The number of halogens is 2. The second kappa shape index (κ2) is 8.99. The van der Waals surface area contributed by atoms with Crippen molar-refractivity contribution in [2.24, 2.45) is 0 Å². The zero-order chi connectivity index (χ0) is 26.4. The molecule has 1 aliphatic rings. The van der Waals surface area contributed by atoms with Crippen LogP contribution in [0, 0.1) is 0 Å². The van der Waals surface area contributed by atoms with E-state index in [2.05, 4.69) is 9.97 Å². The van der Waals surface area contributed by atoms with Crippen LogP contribution in [0.2, 0.25) is 0 Å². The summed E-state index contributed by atoms with van der Waals surface area (Å²) in [4.78, 5) is 22.8. The topological polar surface area (TPSA) is 64.5 Å². The van der Waals surface area contributed by atoms with E-state index in [0.717, 1.165) is 11.1 Å². The van der Waals surface area contributed by atoms with Crippen LogP contribution < -0.4 is 0 Å². The number of nitrogens with zero attached hydrogens (tertiary/aromatic N) is 5. The van der Waals surface area contributed by atoms with Crippen molar-refractivity contribution < 1.29 is 8.78 Å². The van der Waals surface area contributed by atoms with Gasteiger partial charge in [0, 0.05) is 45.8 Å². The Kier molecular flexibility index (Phi) is 5.30. The molecule has 0 unspecified atom stereocenters. The van der Waals surface area contributed by atoms with Crippen LogP contribution in [0.1, 0.15) is 11.1 Å². The van der Waals surface area contributed by atoms with E-state index in [0.29, 0.717) is 45.6 Å². The molecule has 0 saturated carbocycles. The van der Waals surface area contributed by atoms with Crippen molar-refractivity contribution in [3.63, 3.8) is 0 Å². The summed E-state index contributed by atoms with van der Waals surface area (Å²) in [6.07, 6.45) is 3.26. The van der Waals surface area contributed by atoms with Gasteiger partial charge in [-0.25, -0.2) is 24.9 Å². The molecule has 2 aromatic heterocycles. The quantitative estimate of drug-likeness (QED) is 0.246. The lowest BCUT2D eigenvalue weighted by Crippen LogP contribution is -2.10. The number of hydrogen-bond donors (Lipinski definition) is 0. The minimum Gasteiger partial charge on any atom is -0.237 e. The van der Waals surface area contributed by atoms with Crippen molar-refractivity contribution in [1.82, 2.24) is 24.9 Å².